The third-order valence-corrected chi connectivity index (χ3v) is 3.38. The maximum atomic E-state index is 13.6. The number of anilines is 1. The molecule has 1 aromatic heterocycles. The van der Waals surface area contributed by atoms with Gasteiger partial charge in [-0.3, -0.25) is 0 Å². The number of nitrogen functional groups attached to an aromatic ring is 1. The summed E-state index contributed by atoms with van der Waals surface area (Å²) >= 11 is 1.02. The molecule has 2 rings (SSSR count). The molecule has 0 saturated carbocycles. The molecule has 0 aliphatic carbocycles. The Morgan fingerprint density at radius 1 is 1.25 bits per heavy atom. The van der Waals surface area contributed by atoms with Gasteiger partial charge < -0.3 is 10.5 Å². The first-order chi connectivity index (χ1) is 9.60. The van der Waals surface area contributed by atoms with E-state index >= 15 is 0 Å². The summed E-state index contributed by atoms with van der Waals surface area (Å²) in [5, 5.41) is 0.495. The number of aromatic nitrogens is 1. The number of hydrogen-bond acceptors (Lipinski definition) is 4. The quantitative estimate of drug-likeness (QED) is 0.909. The first-order valence-electron chi connectivity index (χ1n) is 6.12. The molecule has 0 atom stereocenters. The van der Waals surface area contributed by atoms with E-state index in [-0.39, 0.29) is 4.90 Å². The molecule has 106 valence electrons. The van der Waals surface area contributed by atoms with Crippen LogP contribution in [0.5, 0.6) is 5.88 Å². The minimum absolute atomic E-state index is 0.170. The van der Waals surface area contributed by atoms with Gasteiger partial charge in [0.2, 0.25) is 5.88 Å². The smallest absolute Gasteiger partial charge is 0.238 e. The van der Waals surface area contributed by atoms with Crippen LogP contribution in [0.1, 0.15) is 13.3 Å². The summed E-state index contributed by atoms with van der Waals surface area (Å²) in [4.78, 5) is 4.37. The van der Waals surface area contributed by atoms with Crippen molar-refractivity contribution in [2.45, 2.75) is 23.3 Å². The number of ether oxygens (including phenoxy) is 1. The fraction of sp³-hybridized carbons (Fsp3) is 0.214. The third-order valence-electron chi connectivity index (χ3n) is 2.41. The molecule has 0 amide bonds. The van der Waals surface area contributed by atoms with Crippen molar-refractivity contribution in [2.75, 3.05) is 12.3 Å². The van der Waals surface area contributed by atoms with Crippen LogP contribution in [0.2, 0.25) is 0 Å². The highest BCUT2D eigenvalue weighted by Crippen LogP contribution is 2.31. The lowest BCUT2D eigenvalue weighted by atomic mass is 10.3. The van der Waals surface area contributed by atoms with Crippen molar-refractivity contribution in [3.8, 4) is 5.88 Å². The first kappa shape index (κ1) is 14.6. The van der Waals surface area contributed by atoms with E-state index in [2.05, 4.69) is 4.98 Å². The van der Waals surface area contributed by atoms with Crippen LogP contribution in [0.25, 0.3) is 0 Å². The van der Waals surface area contributed by atoms with Gasteiger partial charge in [-0.25, -0.2) is 13.8 Å². The lowest BCUT2D eigenvalue weighted by molar-refractivity contribution is 0.305. The van der Waals surface area contributed by atoms with Crippen molar-refractivity contribution in [2.24, 2.45) is 0 Å². The van der Waals surface area contributed by atoms with E-state index < -0.39 is 11.6 Å². The standard InChI is InChI=1S/C14H14F2N2OS/c1-2-7-19-14-11(17)5-6-13(18-14)20-12-8-9(15)3-4-10(12)16/h3-6,8H,2,7,17H2,1H3. The summed E-state index contributed by atoms with van der Waals surface area (Å²) in [6.45, 7) is 2.47. The average Bonchev–Trinajstić information content (AvgIpc) is 2.43. The lowest BCUT2D eigenvalue weighted by Gasteiger charge is -2.09. The van der Waals surface area contributed by atoms with E-state index in [1.54, 1.807) is 12.1 Å². The van der Waals surface area contributed by atoms with Crippen molar-refractivity contribution in [1.29, 1.82) is 0 Å². The average molecular weight is 296 g/mol. The monoisotopic (exact) mass is 296 g/mol. The van der Waals surface area contributed by atoms with Crippen LogP contribution in [-0.4, -0.2) is 11.6 Å². The zero-order chi connectivity index (χ0) is 14.5. The van der Waals surface area contributed by atoms with E-state index in [1.165, 1.54) is 0 Å². The summed E-state index contributed by atoms with van der Waals surface area (Å²) in [5.74, 6) is -0.675. The second kappa shape index (κ2) is 6.56. The molecule has 0 spiro atoms. The molecule has 3 nitrogen and oxygen atoms in total. The van der Waals surface area contributed by atoms with Gasteiger partial charge in [0, 0.05) is 0 Å². The van der Waals surface area contributed by atoms with E-state index in [9.17, 15) is 8.78 Å². The van der Waals surface area contributed by atoms with Crippen molar-refractivity contribution in [3.05, 3.63) is 42.0 Å². The summed E-state index contributed by atoms with van der Waals surface area (Å²) in [6.07, 6.45) is 0.830. The highest BCUT2D eigenvalue weighted by molar-refractivity contribution is 7.99. The third kappa shape index (κ3) is 3.60. The highest BCUT2D eigenvalue weighted by atomic mass is 32.2. The maximum absolute atomic E-state index is 13.6. The minimum atomic E-state index is -0.494. The lowest BCUT2D eigenvalue weighted by Crippen LogP contribution is -2.01. The Balaban J connectivity index is 2.22. The van der Waals surface area contributed by atoms with Gasteiger partial charge in [-0.15, -0.1) is 0 Å². The van der Waals surface area contributed by atoms with Gasteiger partial charge in [0.25, 0.3) is 0 Å². The molecule has 0 fully saturated rings. The number of halogens is 2. The molecule has 6 heteroatoms. The minimum Gasteiger partial charge on any atom is -0.476 e. The molecule has 0 saturated heterocycles. The molecule has 0 bridgehead atoms. The number of hydrogen-bond donors (Lipinski definition) is 1. The van der Waals surface area contributed by atoms with E-state index in [1.807, 2.05) is 6.92 Å². The Morgan fingerprint density at radius 3 is 2.80 bits per heavy atom. The van der Waals surface area contributed by atoms with Crippen LogP contribution in [0.3, 0.4) is 0 Å². The Labute approximate surface area is 120 Å². The van der Waals surface area contributed by atoms with Gasteiger partial charge >= 0.3 is 0 Å². The number of rotatable bonds is 5. The zero-order valence-corrected chi connectivity index (χ0v) is 11.7. The zero-order valence-electron chi connectivity index (χ0n) is 10.9. The van der Waals surface area contributed by atoms with Crippen LogP contribution in [-0.2, 0) is 0 Å². The molecule has 1 heterocycles. The Kier molecular flexibility index (Phi) is 4.79. The molecule has 1 aromatic carbocycles. The molecule has 0 radical (unpaired) electrons. The van der Waals surface area contributed by atoms with Crippen molar-refractivity contribution >= 4 is 17.4 Å². The normalized spacial score (nSPS) is 10.6. The number of benzene rings is 1. The van der Waals surface area contributed by atoms with Crippen LogP contribution < -0.4 is 10.5 Å². The fourth-order valence-electron chi connectivity index (χ4n) is 1.47. The molecule has 0 aliphatic rings. The highest BCUT2D eigenvalue weighted by Gasteiger charge is 2.09. The Morgan fingerprint density at radius 2 is 2.05 bits per heavy atom. The first-order valence-corrected chi connectivity index (χ1v) is 6.94. The van der Waals surface area contributed by atoms with Crippen molar-refractivity contribution < 1.29 is 13.5 Å². The summed E-state index contributed by atoms with van der Waals surface area (Å²) < 4.78 is 32.1. The summed E-state index contributed by atoms with van der Waals surface area (Å²) in [7, 11) is 0. The van der Waals surface area contributed by atoms with Gasteiger partial charge in [-0.05, 0) is 36.8 Å². The molecular weight excluding hydrogens is 282 g/mol. The molecular formula is C14H14F2N2OS. The van der Waals surface area contributed by atoms with Gasteiger partial charge in [-0.2, -0.15) is 0 Å². The number of pyridine rings is 1. The van der Waals surface area contributed by atoms with E-state index in [0.29, 0.717) is 23.2 Å². The molecule has 20 heavy (non-hydrogen) atoms. The fourth-order valence-corrected chi connectivity index (χ4v) is 2.30. The number of nitrogens with two attached hydrogens (primary N) is 1. The van der Waals surface area contributed by atoms with Crippen LogP contribution in [0, 0.1) is 11.6 Å². The SMILES string of the molecule is CCCOc1nc(Sc2cc(F)ccc2F)ccc1N. The molecule has 2 N–H and O–H groups in total. The van der Waals surface area contributed by atoms with Crippen LogP contribution in [0.4, 0.5) is 14.5 Å². The Bertz CT molecular complexity index is 608. The molecule has 2 aromatic rings. The van der Waals surface area contributed by atoms with Crippen LogP contribution in [0.15, 0.2) is 40.3 Å². The predicted octanol–water partition coefficient (Wildman–Crippen LogP) is 3.88. The number of nitrogens with zero attached hydrogens (tertiary/aromatic N) is 1. The topological polar surface area (TPSA) is 48.1 Å². The van der Waals surface area contributed by atoms with Gasteiger partial charge in [0.1, 0.15) is 16.7 Å². The maximum Gasteiger partial charge on any atom is 0.238 e. The second-order valence-electron chi connectivity index (χ2n) is 4.07. The summed E-state index contributed by atoms with van der Waals surface area (Å²) in [6, 6.07) is 6.57. The van der Waals surface area contributed by atoms with Crippen LogP contribution >= 0.6 is 11.8 Å². The van der Waals surface area contributed by atoms with Gasteiger partial charge in [-0.1, -0.05) is 18.7 Å². The largest absolute Gasteiger partial charge is 0.476 e. The van der Waals surface area contributed by atoms with Crippen molar-refractivity contribution in [3.63, 3.8) is 0 Å². The van der Waals surface area contributed by atoms with E-state index in [4.69, 9.17) is 10.5 Å². The van der Waals surface area contributed by atoms with Gasteiger partial charge in [0.05, 0.1) is 17.2 Å². The van der Waals surface area contributed by atoms with E-state index in [0.717, 1.165) is 36.4 Å². The van der Waals surface area contributed by atoms with Gasteiger partial charge in [0.15, 0.2) is 0 Å². The molecule has 0 unspecified atom stereocenters. The summed E-state index contributed by atoms with van der Waals surface area (Å²) in [5.41, 5.74) is 6.17. The Hall–Kier alpha value is -1.82. The second-order valence-corrected chi connectivity index (χ2v) is 5.13. The predicted molar refractivity (Wildman–Crippen MR) is 74.9 cm³/mol. The van der Waals surface area contributed by atoms with Crippen molar-refractivity contribution in [1.82, 2.24) is 4.98 Å². The molecule has 0 aliphatic heterocycles.